The van der Waals surface area contributed by atoms with Gasteiger partial charge in [0.05, 0.1) is 19.9 Å². The van der Waals surface area contributed by atoms with Crippen LogP contribution in [0.5, 0.6) is 23.0 Å². The lowest BCUT2D eigenvalue weighted by Crippen LogP contribution is -2.43. The SMILES string of the molecule is COc1ccc(N2C(=O)[C@H]3N=NN(CC(=O)Nc4ccc(Oc5ccccc5)cc4)[C@H]3C2=O)cc1OC. The topological polar surface area (TPSA) is 122 Å². The number of methoxy groups -OCH3 is 2. The highest BCUT2D eigenvalue weighted by Crippen LogP contribution is 2.36. The minimum Gasteiger partial charge on any atom is -0.493 e. The average molecular weight is 501 g/mol. The van der Waals surface area contributed by atoms with E-state index in [0.29, 0.717) is 34.4 Å². The number of benzene rings is 3. The van der Waals surface area contributed by atoms with Gasteiger partial charge in [-0.2, -0.15) is 5.11 Å². The number of ether oxygens (including phenoxy) is 3. The van der Waals surface area contributed by atoms with Crippen LogP contribution in [0.2, 0.25) is 0 Å². The van der Waals surface area contributed by atoms with E-state index in [1.165, 1.54) is 25.3 Å². The molecule has 0 spiro atoms. The number of rotatable bonds is 8. The van der Waals surface area contributed by atoms with E-state index in [0.717, 1.165) is 4.90 Å². The second-order valence-corrected chi connectivity index (χ2v) is 8.23. The zero-order valence-electron chi connectivity index (χ0n) is 20.0. The van der Waals surface area contributed by atoms with Crippen LogP contribution in [-0.2, 0) is 14.4 Å². The molecule has 0 aromatic heterocycles. The van der Waals surface area contributed by atoms with Crippen LogP contribution in [-0.4, -0.2) is 55.6 Å². The van der Waals surface area contributed by atoms with Gasteiger partial charge in [0, 0.05) is 11.8 Å². The Hall–Kier alpha value is -4.93. The first-order valence-corrected chi connectivity index (χ1v) is 11.4. The number of carbonyl (C=O) groups is 3. The predicted molar refractivity (Wildman–Crippen MR) is 133 cm³/mol. The van der Waals surface area contributed by atoms with Crippen LogP contribution >= 0.6 is 0 Å². The highest BCUT2D eigenvalue weighted by molar-refractivity contribution is 6.25. The van der Waals surface area contributed by atoms with Crippen LogP contribution < -0.4 is 24.4 Å². The van der Waals surface area contributed by atoms with Crippen molar-refractivity contribution in [2.75, 3.05) is 31.0 Å². The summed E-state index contributed by atoms with van der Waals surface area (Å²) in [5, 5.41) is 11.9. The van der Waals surface area contributed by atoms with Gasteiger partial charge in [0.2, 0.25) is 5.91 Å². The summed E-state index contributed by atoms with van der Waals surface area (Å²) in [5.74, 6) is 0.683. The molecule has 37 heavy (non-hydrogen) atoms. The maximum Gasteiger partial charge on any atom is 0.263 e. The summed E-state index contributed by atoms with van der Waals surface area (Å²) in [5.41, 5.74) is 0.860. The third-order valence-electron chi connectivity index (χ3n) is 5.91. The maximum atomic E-state index is 13.2. The van der Waals surface area contributed by atoms with Crippen molar-refractivity contribution in [3.05, 3.63) is 72.8 Å². The van der Waals surface area contributed by atoms with E-state index in [4.69, 9.17) is 14.2 Å². The van der Waals surface area contributed by atoms with Crippen LogP contribution in [0.1, 0.15) is 0 Å². The molecule has 2 heterocycles. The number of para-hydroxylation sites is 1. The van der Waals surface area contributed by atoms with Gasteiger partial charge in [-0.1, -0.05) is 23.4 Å². The van der Waals surface area contributed by atoms with E-state index < -0.39 is 29.8 Å². The van der Waals surface area contributed by atoms with Crippen molar-refractivity contribution < 1.29 is 28.6 Å². The van der Waals surface area contributed by atoms with Crippen LogP contribution in [0.15, 0.2) is 83.1 Å². The maximum absolute atomic E-state index is 13.2. The Morgan fingerprint density at radius 2 is 1.59 bits per heavy atom. The number of nitrogens with one attached hydrogen (secondary N) is 1. The molecule has 0 saturated carbocycles. The summed E-state index contributed by atoms with van der Waals surface area (Å²) in [6.07, 6.45) is 0. The largest absolute Gasteiger partial charge is 0.493 e. The Kier molecular flexibility index (Phi) is 6.42. The van der Waals surface area contributed by atoms with Gasteiger partial charge in [0.15, 0.2) is 23.6 Å². The minimum atomic E-state index is -1.03. The van der Waals surface area contributed by atoms with E-state index in [1.54, 1.807) is 36.4 Å². The Morgan fingerprint density at radius 3 is 2.30 bits per heavy atom. The predicted octanol–water partition coefficient (Wildman–Crippen LogP) is 3.43. The molecule has 5 rings (SSSR count). The molecular weight excluding hydrogens is 478 g/mol. The van der Waals surface area contributed by atoms with Crippen molar-refractivity contribution >= 4 is 29.1 Å². The van der Waals surface area contributed by atoms with Gasteiger partial charge in [-0.05, 0) is 48.5 Å². The minimum absolute atomic E-state index is 0.258. The van der Waals surface area contributed by atoms with Crippen molar-refractivity contribution in [3.8, 4) is 23.0 Å². The van der Waals surface area contributed by atoms with E-state index in [2.05, 4.69) is 15.7 Å². The van der Waals surface area contributed by atoms with Crippen LogP contribution in [0, 0.1) is 0 Å². The number of imide groups is 1. The first kappa shape index (κ1) is 23.8. The molecule has 3 aromatic carbocycles. The number of anilines is 2. The molecule has 0 bridgehead atoms. The fourth-order valence-corrected chi connectivity index (χ4v) is 4.15. The van der Waals surface area contributed by atoms with Gasteiger partial charge in [-0.15, -0.1) is 0 Å². The molecule has 0 aliphatic carbocycles. The standard InChI is InChI=1S/C26H23N5O6/c1-35-20-13-10-17(14-21(20)36-2)31-25(33)23-24(26(31)34)30(29-28-23)15-22(32)27-16-8-11-19(12-9-16)37-18-6-4-3-5-7-18/h3-14,23-24H,15H2,1-2H3,(H,27,32)/t23-,24+/m0/s1. The fraction of sp³-hybridized carbons (Fsp3) is 0.192. The van der Waals surface area contributed by atoms with Gasteiger partial charge in [-0.25, -0.2) is 4.90 Å². The second kappa shape index (κ2) is 9.97. The molecule has 11 heteroatoms. The number of amides is 3. The van der Waals surface area contributed by atoms with Crippen molar-refractivity contribution in [1.29, 1.82) is 0 Å². The lowest BCUT2D eigenvalue weighted by molar-refractivity contribution is -0.123. The van der Waals surface area contributed by atoms with E-state index >= 15 is 0 Å². The Labute approximate surface area is 212 Å². The first-order valence-electron chi connectivity index (χ1n) is 11.4. The van der Waals surface area contributed by atoms with E-state index in [1.807, 2.05) is 30.3 Å². The van der Waals surface area contributed by atoms with E-state index in [9.17, 15) is 14.4 Å². The molecule has 0 radical (unpaired) electrons. The van der Waals surface area contributed by atoms with Crippen molar-refractivity contribution in [2.24, 2.45) is 10.3 Å². The quantitative estimate of drug-likeness (QED) is 0.469. The Balaban J connectivity index is 1.23. The lowest BCUT2D eigenvalue weighted by atomic mass is 10.1. The molecule has 3 aromatic rings. The summed E-state index contributed by atoms with van der Waals surface area (Å²) in [6.45, 7) is -0.258. The summed E-state index contributed by atoms with van der Waals surface area (Å²) in [4.78, 5) is 39.9. The molecule has 2 aliphatic rings. The van der Waals surface area contributed by atoms with Crippen molar-refractivity contribution in [1.82, 2.24) is 5.01 Å². The summed E-state index contributed by atoms with van der Waals surface area (Å²) in [6, 6.07) is 18.9. The molecule has 2 aliphatic heterocycles. The number of hydrogen-bond acceptors (Lipinski definition) is 9. The molecule has 188 valence electrons. The summed E-state index contributed by atoms with van der Waals surface area (Å²) in [7, 11) is 2.95. The third-order valence-corrected chi connectivity index (χ3v) is 5.91. The Morgan fingerprint density at radius 1 is 0.892 bits per heavy atom. The van der Waals surface area contributed by atoms with Crippen molar-refractivity contribution in [3.63, 3.8) is 0 Å². The second-order valence-electron chi connectivity index (χ2n) is 8.23. The monoisotopic (exact) mass is 501 g/mol. The van der Waals surface area contributed by atoms with Crippen molar-refractivity contribution in [2.45, 2.75) is 12.1 Å². The molecule has 11 nitrogen and oxygen atoms in total. The fourth-order valence-electron chi connectivity index (χ4n) is 4.15. The summed E-state index contributed by atoms with van der Waals surface area (Å²) >= 11 is 0. The highest BCUT2D eigenvalue weighted by Gasteiger charge is 2.55. The van der Waals surface area contributed by atoms with Gasteiger partial charge >= 0.3 is 0 Å². The van der Waals surface area contributed by atoms with Gasteiger partial charge in [0.25, 0.3) is 11.8 Å². The highest BCUT2D eigenvalue weighted by atomic mass is 16.5. The molecule has 2 atom stereocenters. The molecule has 1 N–H and O–H groups in total. The number of nitrogens with zero attached hydrogens (tertiary/aromatic N) is 4. The van der Waals surface area contributed by atoms with Crippen LogP contribution in [0.25, 0.3) is 0 Å². The van der Waals surface area contributed by atoms with E-state index in [-0.39, 0.29) is 6.54 Å². The molecule has 3 amide bonds. The van der Waals surface area contributed by atoms with Crippen LogP contribution in [0.3, 0.4) is 0 Å². The molecule has 0 unspecified atom stereocenters. The smallest absolute Gasteiger partial charge is 0.263 e. The number of carbonyl (C=O) groups excluding carboxylic acids is 3. The van der Waals surface area contributed by atoms with Gasteiger partial charge < -0.3 is 19.5 Å². The number of hydrogen-bond donors (Lipinski definition) is 1. The molecule has 1 saturated heterocycles. The molecular formula is C26H23N5O6. The molecule has 1 fully saturated rings. The van der Waals surface area contributed by atoms with Gasteiger partial charge in [-0.3, -0.25) is 19.4 Å². The number of fused-ring (bicyclic) bond motifs is 1. The average Bonchev–Trinajstić information content (AvgIpc) is 3.44. The van der Waals surface area contributed by atoms with Crippen LogP contribution in [0.4, 0.5) is 11.4 Å². The zero-order valence-corrected chi connectivity index (χ0v) is 20.0. The summed E-state index contributed by atoms with van der Waals surface area (Å²) < 4.78 is 16.3. The van der Waals surface area contributed by atoms with Gasteiger partial charge in [0.1, 0.15) is 18.0 Å². The third kappa shape index (κ3) is 4.66. The first-order chi connectivity index (χ1) is 18.0. The normalized spacial score (nSPS) is 18.1. The zero-order chi connectivity index (χ0) is 25.9. The Bertz CT molecular complexity index is 1360. The lowest BCUT2D eigenvalue weighted by Gasteiger charge is -2.20.